The summed E-state index contributed by atoms with van der Waals surface area (Å²) in [6, 6.07) is 0. The van der Waals surface area contributed by atoms with Crippen LogP contribution in [0.3, 0.4) is 0 Å². The maximum atomic E-state index is 5.85. The van der Waals surface area contributed by atoms with Gasteiger partial charge in [-0.3, -0.25) is 0 Å². The Morgan fingerprint density at radius 1 is 1.31 bits per heavy atom. The lowest BCUT2D eigenvalue weighted by Crippen LogP contribution is -2.50. The van der Waals surface area contributed by atoms with E-state index in [1.54, 1.807) is 0 Å². The SMILES string of the molecule is CCC1OCC2(CO1)[C@H](C)C=C(C)C[C@H]2C. The molecule has 1 spiro atoms. The molecule has 92 valence electrons. The van der Waals surface area contributed by atoms with E-state index in [-0.39, 0.29) is 11.7 Å². The minimum atomic E-state index is 0.0250. The molecule has 0 N–H and O–H groups in total. The Morgan fingerprint density at radius 2 is 1.94 bits per heavy atom. The Labute approximate surface area is 99.0 Å². The van der Waals surface area contributed by atoms with E-state index in [9.17, 15) is 0 Å². The lowest BCUT2D eigenvalue weighted by Gasteiger charge is -2.49. The second kappa shape index (κ2) is 4.50. The van der Waals surface area contributed by atoms with Gasteiger partial charge >= 0.3 is 0 Å². The highest BCUT2D eigenvalue weighted by Crippen LogP contribution is 2.46. The first kappa shape index (κ1) is 12.1. The molecule has 2 nitrogen and oxygen atoms in total. The molecule has 0 aromatic rings. The summed E-state index contributed by atoms with van der Waals surface area (Å²) in [6.45, 7) is 10.7. The van der Waals surface area contributed by atoms with Gasteiger partial charge in [0.15, 0.2) is 6.29 Å². The van der Waals surface area contributed by atoms with Crippen molar-refractivity contribution in [2.75, 3.05) is 13.2 Å². The van der Waals surface area contributed by atoms with E-state index < -0.39 is 0 Å². The van der Waals surface area contributed by atoms with Crippen LogP contribution in [0.4, 0.5) is 0 Å². The molecule has 1 saturated heterocycles. The van der Waals surface area contributed by atoms with E-state index in [1.165, 1.54) is 12.0 Å². The first-order chi connectivity index (χ1) is 7.58. The quantitative estimate of drug-likeness (QED) is 0.636. The molecule has 0 radical (unpaired) electrons. The fourth-order valence-corrected chi connectivity index (χ4v) is 3.16. The van der Waals surface area contributed by atoms with Crippen LogP contribution in [-0.4, -0.2) is 19.5 Å². The summed E-state index contributed by atoms with van der Waals surface area (Å²) < 4.78 is 11.7. The normalized spacial score (nSPS) is 44.5. The highest BCUT2D eigenvalue weighted by Gasteiger charge is 2.46. The fourth-order valence-electron chi connectivity index (χ4n) is 3.16. The van der Waals surface area contributed by atoms with Crippen molar-refractivity contribution in [1.82, 2.24) is 0 Å². The van der Waals surface area contributed by atoms with Gasteiger partial charge in [0, 0.05) is 5.41 Å². The molecule has 2 rings (SSSR count). The minimum absolute atomic E-state index is 0.0250. The zero-order valence-corrected chi connectivity index (χ0v) is 11.0. The largest absolute Gasteiger partial charge is 0.352 e. The van der Waals surface area contributed by atoms with Crippen molar-refractivity contribution >= 4 is 0 Å². The zero-order valence-electron chi connectivity index (χ0n) is 11.0. The summed E-state index contributed by atoms with van der Waals surface area (Å²) in [5.74, 6) is 1.22. The minimum Gasteiger partial charge on any atom is -0.352 e. The van der Waals surface area contributed by atoms with Gasteiger partial charge in [0.05, 0.1) is 13.2 Å². The molecule has 0 unspecified atom stereocenters. The van der Waals surface area contributed by atoms with Gasteiger partial charge in [-0.05, 0) is 31.6 Å². The van der Waals surface area contributed by atoms with Gasteiger partial charge in [-0.1, -0.05) is 32.4 Å². The molecule has 2 atom stereocenters. The van der Waals surface area contributed by atoms with Crippen molar-refractivity contribution in [3.05, 3.63) is 11.6 Å². The molecule has 16 heavy (non-hydrogen) atoms. The highest BCUT2D eigenvalue weighted by atomic mass is 16.7. The smallest absolute Gasteiger partial charge is 0.157 e. The number of rotatable bonds is 1. The lowest BCUT2D eigenvalue weighted by molar-refractivity contribution is -0.250. The lowest BCUT2D eigenvalue weighted by atomic mass is 9.63. The van der Waals surface area contributed by atoms with Crippen LogP contribution in [0.25, 0.3) is 0 Å². The molecule has 1 heterocycles. The molecule has 0 aromatic heterocycles. The number of allylic oxidation sites excluding steroid dienone is 2. The Morgan fingerprint density at radius 3 is 2.44 bits per heavy atom. The van der Waals surface area contributed by atoms with Crippen molar-refractivity contribution in [2.45, 2.75) is 46.8 Å². The average Bonchev–Trinajstić information content (AvgIpc) is 2.27. The predicted molar refractivity (Wildman–Crippen MR) is 65.1 cm³/mol. The topological polar surface area (TPSA) is 18.5 Å². The highest BCUT2D eigenvalue weighted by molar-refractivity contribution is 5.13. The van der Waals surface area contributed by atoms with Gasteiger partial charge in [0.25, 0.3) is 0 Å². The molecule has 0 saturated carbocycles. The third-order valence-electron chi connectivity index (χ3n) is 4.46. The predicted octanol–water partition coefficient (Wildman–Crippen LogP) is 3.38. The van der Waals surface area contributed by atoms with E-state index in [0.717, 1.165) is 19.6 Å². The van der Waals surface area contributed by atoms with Crippen molar-refractivity contribution in [3.63, 3.8) is 0 Å². The third kappa shape index (κ3) is 1.93. The van der Waals surface area contributed by atoms with Crippen molar-refractivity contribution in [2.24, 2.45) is 17.3 Å². The van der Waals surface area contributed by atoms with E-state index in [1.807, 2.05) is 0 Å². The molecule has 2 aliphatic rings. The van der Waals surface area contributed by atoms with Crippen LogP contribution in [-0.2, 0) is 9.47 Å². The van der Waals surface area contributed by atoms with Crippen LogP contribution in [0.2, 0.25) is 0 Å². The van der Waals surface area contributed by atoms with Crippen LogP contribution in [0.15, 0.2) is 11.6 Å². The zero-order chi connectivity index (χ0) is 11.8. The first-order valence-corrected chi connectivity index (χ1v) is 6.49. The second-order valence-corrected chi connectivity index (χ2v) is 5.60. The average molecular weight is 224 g/mol. The summed E-state index contributed by atoms with van der Waals surface area (Å²) in [4.78, 5) is 0. The molecule has 0 bridgehead atoms. The summed E-state index contributed by atoms with van der Waals surface area (Å²) in [5, 5.41) is 0. The molecule has 1 aliphatic carbocycles. The van der Waals surface area contributed by atoms with Crippen molar-refractivity contribution < 1.29 is 9.47 Å². The van der Waals surface area contributed by atoms with Crippen LogP contribution in [0.5, 0.6) is 0 Å². The Hall–Kier alpha value is -0.340. The van der Waals surface area contributed by atoms with Gasteiger partial charge in [0.2, 0.25) is 0 Å². The maximum absolute atomic E-state index is 5.85. The fraction of sp³-hybridized carbons (Fsp3) is 0.857. The molecule has 0 aromatic carbocycles. The summed E-state index contributed by atoms with van der Waals surface area (Å²) in [6.07, 6.45) is 4.57. The van der Waals surface area contributed by atoms with Gasteiger partial charge in [-0.25, -0.2) is 0 Å². The van der Waals surface area contributed by atoms with Crippen LogP contribution in [0, 0.1) is 17.3 Å². The second-order valence-electron chi connectivity index (χ2n) is 5.60. The molecular formula is C14H24O2. The number of hydrogen-bond acceptors (Lipinski definition) is 2. The summed E-state index contributed by atoms with van der Waals surface area (Å²) in [5.41, 5.74) is 1.73. The molecular weight excluding hydrogens is 200 g/mol. The number of ether oxygens (including phenoxy) is 2. The van der Waals surface area contributed by atoms with Gasteiger partial charge in [-0.2, -0.15) is 0 Å². The summed E-state index contributed by atoms with van der Waals surface area (Å²) in [7, 11) is 0. The van der Waals surface area contributed by atoms with Gasteiger partial charge in [-0.15, -0.1) is 0 Å². The molecule has 1 fully saturated rings. The Balaban J connectivity index is 2.13. The van der Waals surface area contributed by atoms with E-state index in [0.29, 0.717) is 11.8 Å². The van der Waals surface area contributed by atoms with Gasteiger partial charge in [0.1, 0.15) is 0 Å². The van der Waals surface area contributed by atoms with Gasteiger partial charge < -0.3 is 9.47 Å². The van der Waals surface area contributed by atoms with E-state index >= 15 is 0 Å². The molecule has 2 heteroatoms. The molecule has 0 amide bonds. The van der Waals surface area contributed by atoms with E-state index in [4.69, 9.17) is 9.47 Å². The van der Waals surface area contributed by atoms with Crippen molar-refractivity contribution in [1.29, 1.82) is 0 Å². The number of hydrogen-bond donors (Lipinski definition) is 0. The van der Waals surface area contributed by atoms with E-state index in [2.05, 4.69) is 33.8 Å². The first-order valence-electron chi connectivity index (χ1n) is 6.49. The standard InChI is InChI=1S/C14H24O2/c1-5-13-15-8-14(9-16-13)11(3)6-10(2)7-12(14)4/h6,11-13H,5,7-9H2,1-4H3/t11-,12-,13?,14?/m1/s1. The Kier molecular flexibility index (Phi) is 3.41. The van der Waals surface area contributed by atoms with Crippen LogP contribution < -0.4 is 0 Å². The van der Waals surface area contributed by atoms with Crippen LogP contribution >= 0.6 is 0 Å². The van der Waals surface area contributed by atoms with Crippen LogP contribution in [0.1, 0.15) is 40.5 Å². The maximum Gasteiger partial charge on any atom is 0.157 e. The molecule has 1 aliphatic heterocycles. The summed E-state index contributed by atoms with van der Waals surface area (Å²) >= 11 is 0. The van der Waals surface area contributed by atoms with Crippen molar-refractivity contribution in [3.8, 4) is 0 Å². The Bertz CT molecular complexity index is 274. The monoisotopic (exact) mass is 224 g/mol. The third-order valence-corrected chi connectivity index (χ3v) is 4.46.